The van der Waals surface area contributed by atoms with E-state index in [1.165, 1.54) is 0 Å². The molecule has 3 rings (SSSR count). The molecule has 1 atom stereocenters. The Balaban J connectivity index is 1.65. The molecule has 3 nitrogen and oxygen atoms in total. The van der Waals surface area contributed by atoms with Crippen molar-refractivity contribution >= 4 is 28.8 Å². The van der Waals surface area contributed by atoms with E-state index >= 15 is 0 Å². The van der Waals surface area contributed by atoms with Gasteiger partial charge in [0.25, 0.3) is 0 Å². The number of nitrogens with zero attached hydrogens (tertiary/aromatic N) is 1. The molecule has 0 spiro atoms. The average molecular weight is 322 g/mol. The zero-order valence-electron chi connectivity index (χ0n) is 11.5. The van der Waals surface area contributed by atoms with Crippen LogP contribution in [0.5, 0.6) is 0 Å². The fourth-order valence-electron chi connectivity index (χ4n) is 2.43. The van der Waals surface area contributed by atoms with Crippen molar-refractivity contribution in [3.8, 4) is 0 Å². The summed E-state index contributed by atoms with van der Waals surface area (Å²) < 4.78 is 5.79. The van der Waals surface area contributed by atoms with Gasteiger partial charge < -0.3 is 9.64 Å². The molecule has 5 heteroatoms. The van der Waals surface area contributed by atoms with Gasteiger partial charge in [0.15, 0.2) is 0 Å². The first-order valence-electron chi connectivity index (χ1n) is 6.89. The highest BCUT2D eigenvalue weighted by atomic mass is 35.5. The summed E-state index contributed by atoms with van der Waals surface area (Å²) in [6.07, 6.45) is 0.411. The number of rotatable bonds is 3. The van der Waals surface area contributed by atoms with E-state index in [-0.39, 0.29) is 12.0 Å². The van der Waals surface area contributed by atoms with Crippen LogP contribution in [0.25, 0.3) is 0 Å². The van der Waals surface area contributed by atoms with Gasteiger partial charge in [0.05, 0.1) is 19.6 Å². The second-order valence-electron chi connectivity index (χ2n) is 5.01. The van der Waals surface area contributed by atoms with Gasteiger partial charge in [0.1, 0.15) is 6.10 Å². The average Bonchev–Trinajstić information content (AvgIpc) is 3.01. The Morgan fingerprint density at radius 3 is 2.86 bits per heavy atom. The summed E-state index contributed by atoms with van der Waals surface area (Å²) in [6.45, 7) is 1.84. The fourth-order valence-corrected chi connectivity index (χ4v) is 3.25. The first kappa shape index (κ1) is 14.6. The van der Waals surface area contributed by atoms with Gasteiger partial charge in [0.2, 0.25) is 5.91 Å². The van der Waals surface area contributed by atoms with Gasteiger partial charge >= 0.3 is 0 Å². The topological polar surface area (TPSA) is 29.5 Å². The molecule has 1 fully saturated rings. The van der Waals surface area contributed by atoms with Crippen LogP contribution in [0, 0.1) is 0 Å². The number of thiophene rings is 1. The van der Waals surface area contributed by atoms with Crippen molar-refractivity contribution in [2.45, 2.75) is 12.5 Å². The molecule has 0 radical (unpaired) electrons. The molecular weight excluding hydrogens is 306 g/mol. The molecule has 2 aromatic rings. The van der Waals surface area contributed by atoms with Crippen LogP contribution in [0.1, 0.15) is 16.5 Å². The van der Waals surface area contributed by atoms with Crippen LogP contribution in [0.4, 0.5) is 0 Å². The Kier molecular flexibility index (Phi) is 4.58. The molecule has 1 amide bonds. The monoisotopic (exact) mass is 321 g/mol. The van der Waals surface area contributed by atoms with Gasteiger partial charge in [-0.3, -0.25) is 4.79 Å². The van der Waals surface area contributed by atoms with Crippen LogP contribution in [-0.4, -0.2) is 30.5 Å². The maximum absolute atomic E-state index is 12.4. The van der Waals surface area contributed by atoms with Gasteiger partial charge in [0, 0.05) is 16.4 Å². The maximum Gasteiger partial charge on any atom is 0.228 e. The third kappa shape index (κ3) is 3.64. The first-order chi connectivity index (χ1) is 10.2. The number of hydrogen-bond donors (Lipinski definition) is 0. The molecule has 0 saturated carbocycles. The highest BCUT2D eigenvalue weighted by molar-refractivity contribution is 7.10. The first-order valence-corrected chi connectivity index (χ1v) is 8.15. The molecule has 1 aliphatic rings. The highest BCUT2D eigenvalue weighted by Gasteiger charge is 2.25. The smallest absolute Gasteiger partial charge is 0.228 e. The molecule has 110 valence electrons. The molecule has 1 saturated heterocycles. The van der Waals surface area contributed by atoms with Gasteiger partial charge in [-0.25, -0.2) is 0 Å². The van der Waals surface area contributed by atoms with Crippen LogP contribution in [-0.2, 0) is 16.0 Å². The zero-order chi connectivity index (χ0) is 14.7. The number of amides is 1. The molecule has 0 bridgehead atoms. The number of hydrogen-bond acceptors (Lipinski definition) is 3. The highest BCUT2D eigenvalue weighted by Crippen LogP contribution is 2.24. The molecule has 1 aromatic heterocycles. The molecule has 1 aromatic carbocycles. The van der Waals surface area contributed by atoms with Crippen molar-refractivity contribution < 1.29 is 9.53 Å². The van der Waals surface area contributed by atoms with Crippen molar-refractivity contribution in [3.05, 3.63) is 57.2 Å². The van der Waals surface area contributed by atoms with Gasteiger partial charge in [-0.1, -0.05) is 29.8 Å². The molecule has 1 aliphatic heterocycles. The second kappa shape index (κ2) is 6.60. The summed E-state index contributed by atoms with van der Waals surface area (Å²) in [4.78, 5) is 15.3. The lowest BCUT2D eigenvalue weighted by Crippen LogP contribution is -2.42. The van der Waals surface area contributed by atoms with Crippen LogP contribution in [0.2, 0.25) is 5.02 Å². The fraction of sp³-hybridized carbons (Fsp3) is 0.312. The Morgan fingerprint density at radius 1 is 1.33 bits per heavy atom. The minimum atomic E-state index is -0.0664. The van der Waals surface area contributed by atoms with Crippen LogP contribution >= 0.6 is 22.9 Å². The lowest BCUT2D eigenvalue weighted by molar-refractivity contribution is -0.138. The third-order valence-electron chi connectivity index (χ3n) is 3.57. The summed E-state index contributed by atoms with van der Waals surface area (Å²) in [5.74, 6) is 0.166. The van der Waals surface area contributed by atoms with Gasteiger partial charge in [-0.05, 0) is 29.1 Å². The lowest BCUT2D eigenvalue weighted by atomic mass is 10.1. The second-order valence-corrected chi connectivity index (χ2v) is 6.48. The lowest BCUT2D eigenvalue weighted by Gasteiger charge is -2.33. The van der Waals surface area contributed by atoms with E-state index in [1.54, 1.807) is 11.3 Å². The predicted molar refractivity (Wildman–Crippen MR) is 84.7 cm³/mol. The quantitative estimate of drug-likeness (QED) is 0.865. The zero-order valence-corrected chi connectivity index (χ0v) is 13.1. The molecule has 2 heterocycles. The SMILES string of the molecule is O=C(Cc1cccs1)N1CCOC(c2ccc(Cl)cc2)C1. The number of carbonyl (C=O) groups is 1. The minimum Gasteiger partial charge on any atom is -0.370 e. The normalized spacial score (nSPS) is 18.7. The van der Waals surface area contributed by atoms with Gasteiger partial charge in [-0.2, -0.15) is 0 Å². The van der Waals surface area contributed by atoms with Crippen molar-refractivity contribution in [2.75, 3.05) is 19.7 Å². The van der Waals surface area contributed by atoms with Crippen molar-refractivity contribution in [1.29, 1.82) is 0 Å². The molecule has 0 N–H and O–H groups in total. The minimum absolute atomic E-state index is 0.0664. The van der Waals surface area contributed by atoms with E-state index in [4.69, 9.17) is 16.3 Å². The van der Waals surface area contributed by atoms with E-state index in [1.807, 2.05) is 46.7 Å². The van der Waals surface area contributed by atoms with E-state index in [2.05, 4.69) is 0 Å². The number of morpholine rings is 1. The molecule has 21 heavy (non-hydrogen) atoms. The van der Waals surface area contributed by atoms with Gasteiger partial charge in [-0.15, -0.1) is 11.3 Å². The largest absolute Gasteiger partial charge is 0.370 e. The summed E-state index contributed by atoms with van der Waals surface area (Å²) >= 11 is 7.53. The Bertz CT molecular complexity index is 597. The molecule has 0 aliphatic carbocycles. The Labute approximate surface area is 133 Å². The van der Waals surface area contributed by atoms with E-state index in [9.17, 15) is 4.79 Å². The molecule has 1 unspecified atom stereocenters. The maximum atomic E-state index is 12.4. The van der Waals surface area contributed by atoms with Crippen LogP contribution in [0.15, 0.2) is 41.8 Å². The van der Waals surface area contributed by atoms with Crippen LogP contribution in [0.3, 0.4) is 0 Å². The van der Waals surface area contributed by atoms with Crippen molar-refractivity contribution in [3.63, 3.8) is 0 Å². The third-order valence-corrected chi connectivity index (χ3v) is 4.69. The number of halogens is 1. The number of benzene rings is 1. The van der Waals surface area contributed by atoms with E-state index in [0.29, 0.717) is 31.1 Å². The summed E-state index contributed by atoms with van der Waals surface area (Å²) in [6, 6.07) is 11.6. The number of carbonyl (C=O) groups excluding carboxylic acids is 1. The predicted octanol–water partition coefficient (Wildman–Crippen LogP) is 3.54. The van der Waals surface area contributed by atoms with E-state index in [0.717, 1.165) is 10.4 Å². The Hall–Kier alpha value is -1.36. The summed E-state index contributed by atoms with van der Waals surface area (Å²) in [5, 5.41) is 2.71. The van der Waals surface area contributed by atoms with Crippen LogP contribution < -0.4 is 0 Å². The van der Waals surface area contributed by atoms with Crippen molar-refractivity contribution in [2.24, 2.45) is 0 Å². The summed E-state index contributed by atoms with van der Waals surface area (Å²) in [5.41, 5.74) is 1.06. The van der Waals surface area contributed by atoms with Crippen molar-refractivity contribution in [1.82, 2.24) is 4.90 Å². The number of ether oxygens (including phenoxy) is 1. The molecular formula is C16H16ClNO2S. The van der Waals surface area contributed by atoms with E-state index < -0.39 is 0 Å². The Morgan fingerprint density at radius 2 is 2.14 bits per heavy atom. The standard InChI is InChI=1S/C16H16ClNO2S/c17-13-5-3-12(4-6-13)15-11-18(7-8-20-15)16(19)10-14-2-1-9-21-14/h1-6,9,15H,7-8,10-11H2. The summed E-state index contributed by atoms with van der Waals surface area (Å²) in [7, 11) is 0.